The number of nitrogens with zero attached hydrogens (tertiary/aromatic N) is 4. The molecule has 0 bridgehead atoms. The molecule has 0 atom stereocenters. The fourth-order valence-electron chi connectivity index (χ4n) is 6.96. The number of thiazole rings is 2. The number of sulfone groups is 1. The van der Waals surface area contributed by atoms with E-state index in [1.54, 1.807) is 48.5 Å². The third-order valence-corrected chi connectivity index (χ3v) is 14.7. The molecule has 7 rings (SSSR count). The van der Waals surface area contributed by atoms with Crippen LogP contribution in [-0.2, 0) is 14.6 Å². The molecule has 0 aliphatic heterocycles. The van der Waals surface area contributed by atoms with Crippen molar-refractivity contribution in [1.29, 1.82) is 0 Å². The van der Waals surface area contributed by atoms with Gasteiger partial charge < -0.3 is 10.1 Å². The Bertz CT molecular complexity index is 2640. The van der Waals surface area contributed by atoms with Crippen molar-refractivity contribution < 1.29 is 41.9 Å². The summed E-state index contributed by atoms with van der Waals surface area (Å²) < 4.78 is 30.3. The Labute approximate surface area is 361 Å². The van der Waals surface area contributed by atoms with Gasteiger partial charge >= 0.3 is 24.0 Å². The van der Waals surface area contributed by atoms with Gasteiger partial charge in [0.2, 0.25) is 0 Å². The van der Waals surface area contributed by atoms with Crippen LogP contribution in [-0.4, -0.2) is 70.2 Å². The molecule has 4 amide bonds. The predicted octanol–water partition coefficient (Wildman–Crippen LogP) is 8.28. The zero-order chi connectivity index (χ0) is 43.3. The van der Waals surface area contributed by atoms with Crippen LogP contribution in [0, 0.1) is 18.8 Å². The van der Waals surface area contributed by atoms with E-state index >= 15 is 0 Å². The maximum absolute atomic E-state index is 13.7. The van der Waals surface area contributed by atoms with E-state index in [-0.39, 0.29) is 49.3 Å². The molecule has 2 fully saturated rings. The molecule has 4 aromatic heterocycles. The smallest absolute Gasteiger partial charge is 0.367 e. The van der Waals surface area contributed by atoms with Crippen LogP contribution in [0.2, 0.25) is 0 Å². The molecule has 1 aromatic carbocycles. The maximum atomic E-state index is 13.7. The molecule has 4 heterocycles. The fraction of sp³-hybridized carbons (Fsp3) is 0.300. The van der Waals surface area contributed by atoms with Crippen molar-refractivity contribution in [3.63, 3.8) is 0 Å². The molecule has 2 aliphatic rings. The average molecular weight is 903 g/mol. The number of amides is 4. The van der Waals surface area contributed by atoms with E-state index in [0.717, 1.165) is 86.3 Å². The maximum Gasteiger partial charge on any atom is 0.367 e. The summed E-state index contributed by atoms with van der Waals surface area (Å²) in [5.74, 6) is -3.29. The van der Waals surface area contributed by atoms with Gasteiger partial charge in [0.25, 0.3) is 0 Å². The molecule has 0 saturated heterocycles. The van der Waals surface area contributed by atoms with Gasteiger partial charge in [0.15, 0.2) is 47.3 Å². The Morgan fingerprint density at radius 1 is 0.705 bits per heavy atom. The van der Waals surface area contributed by atoms with Crippen molar-refractivity contribution in [1.82, 2.24) is 19.9 Å². The number of urea groups is 2. The highest BCUT2D eigenvalue weighted by molar-refractivity contribution is 8.01. The van der Waals surface area contributed by atoms with Crippen LogP contribution in [0.15, 0.2) is 74.4 Å². The summed E-state index contributed by atoms with van der Waals surface area (Å²) in [7, 11) is -4.17. The number of ether oxygens (including phenoxy) is 1. The van der Waals surface area contributed by atoms with Gasteiger partial charge in [-0.2, -0.15) is 0 Å². The van der Waals surface area contributed by atoms with Crippen molar-refractivity contribution in [2.75, 3.05) is 27.5 Å². The number of nitrogens with one attached hydrogen (secondary N) is 4. The molecule has 21 heteroatoms. The van der Waals surface area contributed by atoms with Gasteiger partial charge in [-0.05, 0) is 69.0 Å². The summed E-state index contributed by atoms with van der Waals surface area (Å²) >= 11 is 2.31. The number of hydrogen-bond donors (Lipinski definition) is 4. The first-order chi connectivity index (χ1) is 29.2. The van der Waals surface area contributed by atoms with E-state index in [4.69, 9.17) is 4.74 Å². The lowest BCUT2D eigenvalue weighted by atomic mass is 9.94. The number of aryl methyl sites for hydroxylation is 1. The summed E-state index contributed by atoms with van der Waals surface area (Å²) in [6.07, 6.45) is 10.5. The van der Waals surface area contributed by atoms with Crippen molar-refractivity contribution in [2.24, 2.45) is 11.8 Å². The second kappa shape index (κ2) is 18.8. The minimum atomic E-state index is -4.17. The van der Waals surface area contributed by atoms with Crippen LogP contribution in [0.5, 0.6) is 0 Å². The lowest BCUT2D eigenvalue weighted by molar-refractivity contribution is 0.0384. The third-order valence-electron chi connectivity index (χ3n) is 9.82. The van der Waals surface area contributed by atoms with Crippen LogP contribution < -0.4 is 21.3 Å². The third kappa shape index (κ3) is 10.5. The minimum absolute atomic E-state index is 0.00896. The number of aromatic nitrogens is 4. The Balaban J connectivity index is 1.08. The van der Waals surface area contributed by atoms with Crippen LogP contribution in [0.3, 0.4) is 0 Å². The highest BCUT2D eigenvalue weighted by Crippen LogP contribution is 2.38. The number of benzene rings is 1. The largest absolute Gasteiger partial charge is 0.383 e. The molecule has 5 aromatic rings. The van der Waals surface area contributed by atoms with Gasteiger partial charge in [-0.15, -0.1) is 0 Å². The lowest BCUT2D eigenvalue weighted by Crippen LogP contribution is -2.23. The average Bonchev–Trinajstić information content (AvgIpc) is 4.07. The van der Waals surface area contributed by atoms with Crippen LogP contribution in [0.1, 0.15) is 98.6 Å². The molecular formula is C40H38N8O9S4. The van der Waals surface area contributed by atoms with Crippen molar-refractivity contribution in [2.45, 2.75) is 71.7 Å². The lowest BCUT2D eigenvalue weighted by Gasteiger charge is -2.14. The number of Topliss-reactive ketones (excluding diaryl/α,β-unsaturated/α-hetero) is 2. The Morgan fingerprint density at radius 3 is 1.97 bits per heavy atom. The van der Waals surface area contributed by atoms with E-state index in [1.165, 1.54) is 12.4 Å². The van der Waals surface area contributed by atoms with E-state index in [2.05, 4.69) is 41.2 Å². The zero-order valence-corrected chi connectivity index (χ0v) is 35.9. The second-order valence-corrected chi connectivity index (χ2v) is 19.8. The molecular weight excluding hydrogens is 865 g/mol. The Morgan fingerprint density at radius 2 is 1.31 bits per heavy atom. The second-order valence-electron chi connectivity index (χ2n) is 14.3. The number of anilines is 4. The summed E-state index contributed by atoms with van der Waals surface area (Å²) in [6, 6.07) is 11.6. The highest BCUT2D eigenvalue weighted by atomic mass is 32.2. The molecule has 0 spiro atoms. The number of carbonyl (C=O) groups is 6. The molecule has 2 saturated carbocycles. The quantitative estimate of drug-likeness (QED) is 0.0494. The minimum Gasteiger partial charge on any atom is -0.383 e. The van der Waals surface area contributed by atoms with Crippen molar-refractivity contribution >= 4 is 102 Å². The van der Waals surface area contributed by atoms with Crippen molar-refractivity contribution in [3.05, 3.63) is 89.0 Å². The Hall–Kier alpha value is -5.90. The normalized spacial score (nSPS) is 14.3. The van der Waals surface area contributed by atoms with Crippen LogP contribution in [0.25, 0.3) is 0 Å². The number of pyridine rings is 2. The van der Waals surface area contributed by atoms with E-state index in [0.29, 0.717) is 27.6 Å². The summed E-state index contributed by atoms with van der Waals surface area (Å²) in [5.41, 5.74) is 0.581. The molecule has 2 aliphatic carbocycles. The number of hydrogen-bond acceptors (Lipinski definition) is 16. The first-order valence-electron chi connectivity index (χ1n) is 19.1. The molecule has 0 radical (unpaired) electrons. The van der Waals surface area contributed by atoms with Gasteiger partial charge in [-0.3, -0.25) is 25.5 Å². The van der Waals surface area contributed by atoms with Crippen molar-refractivity contribution in [3.8, 4) is 0 Å². The van der Waals surface area contributed by atoms with Crippen LogP contribution >= 0.6 is 34.4 Å². The SMILES string of the molecule is Cc1ccc(NC(=O)Nc2nc(C(=O)OC(=O)c3nc(NC(=O)Nc4ncccc4C(=O)C4CCCC4)sc3S(C)(=O)=O)c(Sc3ccccn3)s2)c(C(=O)C2CCCC2)c1. The van der Waals surface area contributed by atoms with E-state index < -0.39 is 49.4 Å². The molecule has 4 N–H and O–H groups in total. The Kier molecular flexibility index (Phi) is 13.3. The highest BCUT2D eigenvalue weighted by Gasteiger charge is 2.32. The first kappa shape index (κ1) is 43.2. The number of rotatable bonds is 13. The van der Waals surface area contributed by atoms with Gasteiger partial charge in [-0.25, -0.2) is 47.5 Å². The summed E-state index contributed by atoms with van der Waals surface area (Å²) in [5, 5.41) is 10.2. The van der Waals surface area contributed by atoms with Gasteiger partial charge in [-0.1, -0.05) is 77.8 Å². The topological polar surface area (TPSA) is 245 Å². The van der Waals surface area contributed by atoms with Gasteiger partial charge in [0.1, 0.15) is 15.1 Å². The van der Waals surface area contributed by atoms with E-state index in [1.807, 2.05) is 6.92 Å². The number of esters is 2. The number of carbonyl (C=O) groups excluding carboxylic acids is 6. The standard InChI is InChI=1S/C40H38N8O9S4/c1-21-16-17-26(25(20-21)31(50)23-12-5-6-13-23)43-37(53)47-39-44-28(35(59-39)58-27-15-7-8-18-41-27)33(51)57-34(52)29-36(61(2,55)56)60-40(45-29)48-38(54)46-32-24(14-9-19-42-32)30(49)22-10-3-4-11-22/h7-9,14-20,22-23H,3-6,10-13H2,1-2H3,(H2,43,44,47,53)(H2,42,45,46,48,54). The van der Waals surface area contributed by atoms with Crippen LogP contribution in [0.4, 0.5) is 31.4 Å². The zero-order valence-electron chi connectivity index (χ0n) is 32.7. The van der Waals surface area contributed by atoms with E-state index in [9.17, 15) is 37.2 Å². The van der Waals surface area contributed by atoms with Gasteiger partial charge in [0, 0.05) is 36.0 Å². The van der Waals surface area contributed by atoms with Gasteiger partial charge in [0.05, 0.1) is 11.3 Å². The molecule has 17 nitrogen and oxygen atoms in total. The predicted molar refractivity (Wildman–Crippen MR) is 229 cm³/mol. The summed E-state index contributed by atoms with van der Waals surface area (Å²) in [4.78, 5) is 96.7. The molecule has 0 unspecified atom stereocenters. The molecule has 316 valence electrons. The fourth-order valence-corrected chi connectivity index (χ4v) is 11.0. The number of ketones is 2. The molecule has 61 heavy (non-hydrogen) atoms. The monoisotopic (exact) mass is 902 g/mol. The summed E-state index contributed by atoms with van der Waals surface area (Å²) in [6.45, 7) is 1.85. The first-order valence-corrected chi connectivity index (χ1v) is 23.4.